The summed E-state index contributed by atoms with van der Waals surface area (Å²) >= 11 is 12.9. The third kappa shape index (κ3) is 9.01. The van der Waals surface area contributed by atoms with E-state index in [9.17, 15) is 0 Å². The summed E-state index contributed by atoms with van der Waals surface area (Å²) in [6.45, 7) is 8.23. The van der Waals surface area contributed by atoms with Gasteiger partial charge in [-0.05, 0) is 69.8 Å². The van der Waals surface area contributed by atoms with Crippen LogP contribution in [0.5, 0.6) is 0 Å². The summed E-state index contributed by atoms with van der Waals surface area (Å²) in [5, 5.41) is 11.5. The Morgan fingerprint density at radius 1 is 1.09 bits per heavy atom. The third-order valence-corrected chi connectivity index (χ3v) is 5.87. The van der Waals surface area contributed by atoms with Crippen molar-refractivity contribution in [1.82, 2.24) is 14.8 Å². The average Bonchev–Trinajstić information content (AvgIpc) is 2.90. The van der Waals surface area contributed by atoms with Gasteiger partial charge < -0.3 is 4.74 Å². The number of aromatic nitrogens is 3. The molecule has 0 aliphatic carbocycles. The van der Waals surface area contributed by atoms with Gasteiger partial charge in [0.1, 0.15) is 16.0 Å². The summed E-state index contributed by atoms with van der Waals surface area (Å²) in [5.74, 6) is 0. The van der Waals surface area contributed by atoms with Crippen molar-refractivity contribution in [3.8, 4) is 0 Å². The molecule has 0 aromatic carbocycles. The molecule has 0 atom stereocenters. The van der Waals surface area contributed by atoms with Crippen molar-refractivity contribution in [2.45, 2.75) is 38.8 Å². The maximum atomic E-state index is 5.53. The fourth-order valence-electron chi connectivity index (χ4n) is 1.21. The standard InChI is InChI=1S/C8H15Br2N3OSi.C3H2Br2N2/c1-15(2,3)5-4-14-6-13-8(10)11-7(9)12-13;4-2-1-3(5)7-6-2/h4-6H2,1-3H3;1H2. The number of hydrogen-bond donors (Lipinski definition) is 0. The van der Waals surface area contributed by atoms with E-state index < -0.39 is 8.07 Å². The van der Waals surface area contributed by atoms with Crippen LogP contribution in [-0.4, -0.2) is 38.7 Å². The van der Waals surface area contributed by atoms with Crippen molar-refractivity contribution in [2.75, 3.05) is 6.61 Å². The molecule has 1 aliphatic rings. The largest absolute Gasteiger partial charge is 0.359 e. The second kappa shape index (κ2) is 9.77. The summed E-state index contributed by atoms with van der Waals surface area (Å²) in [5.41, 5.74) is 0. The molecule has 0 bridgehead atoms. The molecule has 1 aromatic heterocycles. The highest BCUT2D eigenvalue weighted by Gasteiger charge is 2.12. The fourth-order valence-corrected chi connectivity index (χ4v) is 3.98. The van der Waals surface area contributed by atoms with Gasteiger partial charge in [0.05, 0.1) is 0 Å². The van der Waals surface area contributed by atoms with Crippen LogP contribution in [0.2, 0.25) is 25.7 Å². The normalized spacial score (nSPS) is 14.3. The molecular formula is C11H17Br4N5OSi. The van der Waals surface area contributed by atoms with Gasteiger partial charge in [0.15, 0.2) is 4.73 Å². The summed E-state index contributed by atoms with van der Waals surface area (Å²) in [7, 11) is -0.995. The van der Waals surface area contributed by atoms with E-state index in [1.807, 2.05) is 0 Å². The number of hydrogen-bond acceptors (Lipinski definition) is 5. The van der Waals surface area contributed by atoms with Crippen LogP contribution < -0.4 is 0 Å². The number of rotatable bonds is 5. The maximum Gasteiger partial charge on any atom is 0.218 e. The summed E-state index contributed by atoms with van der Waals surface area (Å²) in [6.07, 6.45) is 0.806. The van der Waals surface area contributed by atoms with Crippen LogP contribution in [0.4, 0.5) is 0 Å². The Morgan fingerprint density at radius 3 is 2.05 bits per heavy atom. The summed E-state index contributed by atoms with van der Waals surface area (Å²) in [6, 6.07) is 1.17. The molecule has 0 saturated carbocycles. The Bertz CT molecular complexity index is 539. The van der Waals surface area contributed by atoms with Gasteiger partial charge in [-0.25, -0.2) is 4.68 Å². The molecule has 0 spiro atoms. The van der Waals surface area contributed by atoms with Crippen molar-refractivity contribution in [3.05, 3.63) is 9.47 Å². The Labute approximate surface area is 164 Å². The Kier molecular flexibility index (Phi) is 9.16. The van der Waals surface area contributed by atoms with E-state index in [0.29, 0.717) is 16.2 Å². The first-order valence-corrected chi connectivity index (χ1v) is 13.3. The van der Waals surface area contributed by atoms with E-state index in [1.165, 1.54) is 6.04 Å². The Balaban J connectivity index is 0.000000287. The molecular weight excluding hydrogens is 566 g/mol. The van der Waals surface area contributed by atoms with Gasteiger partial charge in [0.2, 0.25) is 4.73 Å². The first-order chi connectivity index (χ1) is 10.2. The average molecular weight is 583 g/mol. The third-order valence-electron chi connectivity index (χ3n) is 2.37. The van der Waals surface area contributed by atoms with Crippen LogP contribution in [0.25, 0.3) is 0 Å². The molecule has 1 aromatic rings. The van der Waals surface area contributed by atoms with Gasteiger partial charge in [0.25, 0.3) is 0 Å². The smallest absolute Gasteiger partial charge is 0.218 e. The summed E-state index contributed by atoms with van der Waals surface area (Å²) in [4.78, 5) is 4.05. The van der Waals surface area contributed by atoms with Crippen molar-refractivity contribution < 1.29 is 4.74 Å². The van der Waals surface area contributed by atoms with Crippen LogP contribution in [0.15, 0.2) is 19.7 Å². The van der Waals surface area contributed by atoms with Crippen LogP contribution >= 0.6 is 63.7 Å². The van der Waals surface area contributed by atoms with E-state index in [2.05, 4.69) is 104 Å². The lowest BCUT2D eigenvalue weighted by molar-refractivity contribution is 0.0764. The maximum absolute atomic E-state index is 5.53. The minimum absolute atomic E-state index is 0.448. The highest BCUT2D eigenvalue weighted by molar-refractivity contribution is 9.19. The lowest BCUT2D eigenvalue weighted by Crippen LogP contribution is -2.22. The van der Waals surface area contributed by atoms with Gasteiger partial charge in [-0.1, -0.05) is 19.6 Å². The van der Waals surface area contributed by atoms with Gasteiger partial charge in [0, 0.05) is 21.1 Å². The molecule has 1 aliphatic heterocycles. The zero-order valence-electron chi connectivity index (χ0n) is 12.5. The van der Waals surface area contributed by atoms with E-state index in [4.69, 9.17) is 4.74 Å². The van der Waals surface area contributed by atoms with Crippen molar-refractivity contribution >= 4 is 81.0 Å². The zero-order valence-corrected chi connectivity index (χ0v) is 19.8. The highest BCUT2D eigenvalue weighted by atomic mass is 79.9. The van der Waals surface area contributed by atoms with Crippen LogP contribution in [-0.2, 0) is 11.5 Å². The molecule has 6 nitrogen and oxygen atoms in total. The first-order valence-electron chi connectivity index (χ1n) is 6.45. The quantitative estimate of drug-likeness (QED) is 0.362. The molecule has 0 radical (unpaired) electrons. The molecule has 11 heteroatoms. The molecule has 0 N–H and O–H groups in total. The van der Waals surface area contributed by atoms with Gasteiger partial charge in [-0.15, -0.1) is 15.3 Å². The molecule has 2 rings (SSSR count). The molecule has 22 heavy (non-hydrogen) atoms. The minimum Gasteiger partial charge on any atom is -0.359 e. The first kappa shape index (κ1) is 20.6. The number of ether oxygens (including phenoxy) is 1. The molecule has 0 amide bonds. The van der Waals surface area contributed by atoms with E-state index in [-0.39, 0.29) is 0 Å². The van der Waals surface area contributed by atoms with Gasteiger partial charge >= 0.3 is 0 Å². The van der Waals surface area contributed by atoms with Crippen LogP contribution in [0, 0.1) is 0 Å². The second-order valence-corrected chi connectivity index (χ2v) is 14.5. The SMILES string of the molecule is BrC1=NN=C(Br)C1.C[Si](C)(C)CCOCn1nc(Br)nc1Br. The predicted octanol–water partition coefficient (Wildman–Crippen LogP) is 5.01. The predicted molar refractivity (Wildman–Crippen MR) is 107 cm³/mol. The van der Waals surface area contributed by atoms with E-state index >= 15 is 0 Å². The topological polar surface area (TPSA) is 64.7 Å². The second-order valence-electron chi connectivity index (χ2n) is 5.63. The lowest BCUT2D eigenvalue weighted by atomic mass is 10.5. The fraction of sp³-hybridized carbons (Fsp3) is 0.636. The van der Waals surface area contributed by atoms with E-state index in [0.717, 1.165) is 22.3 Å². The monoisotopic (exact) mass is 579 g/mol. The number of nitrogens with zero attached hydrogens (tertiary/aromatic N) is 5. The molecule has 0 fully saturated rings. The highest BCUT2D eigenvalue weighted by Crippen LogP contribution is 2.12. The molecule has 124 valence electrons. The van der Waals surface area contributed by atoms with Gasteiger partial charge in [-0.3, -0.25) is 0 Å². The Hall–Kier alpha value is 0.577. The van der Waals surface area contributed by atoms with Crippen molar-refractivity contribution in [1.29, 1.82) is 0 Å². The Morgan fingerprint density at radius 2 is 1.68 bits per heavy atom. The van der Waals surface area contributed by atoms with Crippen LogP contribution in [0.3, 0.4) is 0 Å². The van der Waals surface area contributed by atoms with E-state index in [1.54, 1.807) is 4.68 Å². The minimum atomic E-state index is -0.995. The zero-order chi connectivity index (χ0) is 16.8. The molecule has 0 unspecified atom stereocenters. The van der Waals surface area contributed by atoms with Gasteiger partial charge in [-0.2, -0.15) is 4.98 Å². The lowest BCUT2D eigenvalue weighted by Gasteiger charge is -2.15. The van der Waals surface area contributed by atoms with Crippen LogP contribution in [0.1, 0.15) is 6.42 Å². The number of halogens is 4. The van der Waals surface area contributed by atoms with Crippen molar-refractivity contribution in [2.24, 2.45) is 10.2 Å². The molecule has 0 saturated heterocycles. The summed E-state index contributed by atoms with van der Waals surface area (Å²) < 4.78 is 10.2. The molecule has 2 heterocycles. The van der Waals surface area contributed by atoms with Crippen molar-refractivity contribution in [3.63, 3.8) is 0 Å².